The van der Waals surface area contributed by atoms with Gasteiger partial charge >= 0.3 is 0 Å². The van der Waals surface area contributed by atoms with Crippen LogP contribution in [0.4, 0.5) is 4.39 Å². The van der Waals surface area contributed by atoms with E-state index in [1.165, 1.54) is 21.7 Å². The lowest BCUT2D eigenvalue weighted by Crippen LogP contribution is -2.67. The zero-order valence-electron chi connectivity index (χ0n) is 24.2. The Balaban J connectivity index is 1.58. The summed E-state index contributed by atoms with van der Waals surface area (Å²) in [5, 5.41) is 10.1. The van der Waals surface area contributed by atoms with Crippen LogP contribution in [-0.4, -0.2) is 50.0 Å². The first-order valence-corrected chi connectivity index (χ1v) is 14.2. The summed E-state index contributed by atoms with van der Waals surface area (Å²) in [5.74, 6) is -1.98. The van der Waals surface area contributed by atoms with Crippen molar-refractivity contribution in [3.8, 4) is 5.69 Å². The molecule has 0 spiro atoms. The molecule has 3 aromatic rings. The van der Waals surface area contributed by atoms with Gasteiger partial charge in [-0.25, -0.2) is 9.07 Å². The van der Waals surface area contributed by atoms with Crippen molar-refractivity contribution in [1.29, 1.82) is 0 Å². The summed E-state index contributed by atoms with van der Waals surface area (Å²) in [6.07, 6.45) is 4.90. The Morgan fingerprint density at radius 3 is 2.34 bits per heavy atom. The predicted molar refractivity (Wildman–Crippen MR) is 154 cm³/mol. The van der Waals surface area contributed by atoms with Crippen LogP contribution in [0, 0.1) is 17.7 Å². The van der Waals surface area contributed by atoms with Gasteiger partial charge in [0.05, 0.1) is 5.69 Å². The summed E-state index contributed by atoms with van der Waals surface area (Å²) in [4.78, 5) is 43.5. The van der Waals surface area contributed by atoms with Gasteiger partial charge in [-0.05, 0) is 81.2 Å². The molecule has 1 fully saturated rings. The molecule has 1 saturated heterocycles. The van der Waals surface area contributed by atoms with Crippen molar-refractivity contribution in [2.75, 3.05) is 0 Å². The van der Waals surface area contributed by atoms with Gasteiger partial charge < -0.3 is 15.5 Å². The molecule has 0 radical (unpaired) electrons. The smallest absolute Gasteiger partial charge is 0.247 e. The molecule has 3 unspecified atom stereocenters. The number of carbonyl (C=O) groups is 3. The van der Waals surface area contributed by atoms with Crippen molar-refractivity contribution in [2.45, 2.75) is 77.5 Å². The Bertz CT molecular complexity index is 1420. The van der Waals surface area contributed by atoms with E-state index in [2.05, 4.69) is 15.7 Å². The van der Waals surface area contributed by atoms with Gasteiger partial charge in [0, 0.05) is 23.5 Å². The zero-order valence-corrected chi connectivity index (χ0v) is 24.2. The van der Waals surface area contributed by atoms with E-state index in [0.29, 0.717) is 24.9 Å². The molecule has 216 valence electrons. The van der Waals surface area contributed by atoms with E-state index in [1.807, 2.05) is 58.9 Å². The maximum atomic E-state index is 16.0. The fourth-order valence-electron chi connectivity index (χ4n) is 6.03. The quantitative estimate of drug-likeness (QED) is 0.455. The number of aromatic nitrogens is 2. The van der Waals surface area contributed by atoms with Gasteiger partial charge in [-0.2, -0.15) is 5.10 Å². The molecule has 3 amide bonds. The second-order valence-electron chi connectivity index (χ2n) is 12.6. The monoisotopic (exact) mass is 559 g/mol. The van der Waals surface area contributed by atoms with E-state index < -0.39 is 35.4 Å². The highest BCUT2D eigenvalue weighted by atomic mass is 19.1. The summed E-state index contributed by atoms with van der Waals surface area (Å²) >= 11 is 0. The maximum Gasteiger partial charge on any atom is 0.247 e. The molecule has 9 heteroatoms. The van der Waals surface area contributed by atoms with Gasteiger partial charge in [0.25, 0.3) is 0 Å². The van der Waals surface area contributed by atoms with Crippen molar-refractivity contribution >= 4 is 17.7 Å². The normalized spacial score (nSPS) is 20.2. The van der Waals surface area contributed by atoms with E-state index in [-0.39, 0.29) is 29.2 Å². The molecule has 0 bridgehead atoms. The van der Waals surface area contributed by atoms with E-state index in [4.69, 9.17) is 0 Å². The minimum Gasteiger partial charge on any atom is -0.349 e. The van der Waals surface area contributed by atoms with Crippen molar-refractivity contribution in [1.82, 2.24) is 25.3 Å². The van der Waals surface area contributed by atoms with Crippen molar-refractivity contribution in [3.63, 3.8) is 0 Å². The van der Waals surface area contributed by atoms with Crippen LogP contribution in [0.5, 0.6) is 0 Å². The summed E-state index contributed by atoms with van der Waals surface area (Å²) < 4.78 is 17.5. The molecular weight excluding hydrogens is 521 g/mol. The van der Waals surface area contributed by atoms with Crippen LogP contribution in [0.3, 0.4) is 0 Å². The Morgan fingerprint density at radius 1 is 1.10 bits per heavy atom. The molecule has 2 N–H and O–H groups in total. The van der Waals surface area contributed by atoms with Crippen LogP contribution < -0.4 is 10.6 Å². The maximum absolute atomic E-state index is 16.0. The van der Waals surface area contributed by atoms with E-state index in [9.17, 15) is 14.4 Å². The number of hydrogen-bond donors (Lipinski definition) is 2. The lowest BCUT2D eigenvalue weighted by molar-refractivity contribution is -0.158. The van der Waals surface area contributed by atoms with Crippen LogP contribution in [0.2, 0.25) is 0 Å². The number of fused-ring (bicyclic) bond motifs is 1. The molecule has 8 nitrogen and oxygen atoms in total. The van der Waals surface area contributed by atoms with E-state index >= 15 is 4.39 Å². The number of rotatable bonds is 7. The highest BCUT2D eigenvalue weighted by Crippen LogP contribution is 2.36. The highest BCUT2D eigenvalue weighted by Gasteiger charge is 2.50. The third-order valence-corrected chi connectivity index (χ3v) is 7.78. The van der Waals surface area contributed by atoms with E-state index in [0.717, 1.165) is 11.1 Å². The molecule has 2 aliphatic rings. The average molecular weight is 560 g/mol. The SMILES string of the molecule is CC(C)CC1C(=O)NC(C2Cc3ccccc3C2)C(=O)N1C(C(=O)NC(C)(C)C)c1ccc(-n2cccn2)cc1F. The molecule has 1 aromatic heterocycles. The molecule has 1 aliphatic heterocycles. The van der Waals surface area contributed by atoms with Crippen LogP contribution >= 0.6 is 0 Å². The summed E-state index contributed by atoms with van der Waals surface area (Å²) in [5.41, 5.74) is 2.17. The molecule has 41 heavy (non-hydrogen) atoms. The van der Waals surface area contributed by atoms with Gasteiger partial charge in [0.15, 0.2) is 0 Å². The lowest BCUT2D eigenvalue weighted by Gasteiger charge is -2.45. The fourth-order valence-corrected chi connectivity index (χ4v) is 6.03. The summed E-state index contributed by atoms with van der Waals surface area (Å²) in [7, 11) is 0. The topological polar surface area (TPSA) is 96.3 Å². The second-order valence-corrected chi connectivity index (χ2v) is 12.6. The molecule has 1 aliphatic carbocycles. The van der Waals surface area contributed by atoms with Crippen LogP contribution in [0.15, 0.2) is 60.9 Å². The molecular formula is C32H38FN5O3. The Hall–Kier alpha value is -4.01. The average Bonchev–Trinajstić information content (AvgIpc) is 3.57. The number of benzene rings is 2. The predicted octanol–water partition coefficient (Wildman–Crippen LogP) is 4.12. The largest absolute Gasteiger partial charge is 0.349 e. The third kappa shape index (κ3) is 5.89. The van der Waals surface area contributed by atoms with Crippen molar-refractivity contribution in [2.24, 2.45) is 11.8 Å². The number of piperazine rings is 1. The minimum absolute atomic E-state index is 0.0351. The van der Waals surface area contributed by atoms with Crippen molar-refractivity contribution in [3.05, 3.63) is 83.4 Å². The Labute approximate surface area is 240 Å². The first-order valence-electron chi connectivity index (χ1n) is 14.2. The summed E-state index contributed by atoms with van der Waals surface area (Å²) in [6, 6.07) is 11.1. The number of carbonyl (C=O) groups excluding carboxylic acids is 3. The lowest BCUT2D eigenvalue weighted by atomic mass is 9.87. The second kappa shape index (κ2) is 11.1. The number of nitrogens with zero attached hydrogens (tertiary/aromatic N) is 3. The van der Waals surface area contributed by atoms with Gasteiger partial charge in [0.2, 0.25) is 17.7 Å². The van der Waals surface area contributed by atoms with Gasteiger partial charge in [-0.15, -0.1) is 0 Å². The van der Waals surface area contributed by atoms with Gasteiger partial charge in [-0.3, -0.25) is 14.4 Å². The van der Waals surface area contributed by atoms with Crippen LogP contribution in [0.25, 0.3) is 5.69 Å². The Morgan fingerprint density at radius 2 is 1.78 bits per heavy atom. The molecule has 2 heterocycles. The standard InChI is InChI=1S/C32H38FN5O3/c1-19(2)15-26-29(39)35-27(22-16-20-9-6-7-10-21(20)17-22)31(41)38(26)28(30(40)36-32(3,4)5)24-12-11-23(18-25(24)33)37-14-8-13-34-37/h6-14,18-19,22,26-28H,15-17H2,1-5H3,(H,35,39)(H,36,40). The van der Waals surface area contributed by atoms with Crippen LogP contribution in [-0.2, 0) is 27.2 Å². The molecule has 2 aromatic carbocycles. The first kappa shape index (κ1) is 28.5. The molecule has 5 rings (SSSR count). The fraction of sp³-hybridized carbons (Fsp3) is 0.438. The third-order valence-electron chi connectivity index (χ3n) is 7.78. The van der Waals surface area contributed by atoms with Crippen LogP contribution in [0.1, 0.15) is 63.8 Å². The summed E-state index contributed by atoms with van der Waals surface area (Å²) in [6.45, 7) is 9.40. The molecule has 0 saturated carbocycles. The minimum atomic E-state index is -1.34. The molecule has 3 atom stereocenters. The number of hydrogen-bond acceptors (Lipinski definition) is 4. The van der Waals surface area contributed by atoms with E-state index in [1.54, 1.807) is 24.5 Å². The van der Waals surface area contributed by atoms with Gasteiger partial charge in [-0.1, -0.05) is 44.2 Å². The number of halogens is 1. The highest BCUT2D eigenvalue weighted by molar-refractivity contribution is 6.00. The van der Waals surface area contributed by atoms with Crippen molar-refractivity contribution < 1.29 is 18.8 Å². The number of amides is 3. The zero-order chi connectivity index (χ0) is 29.5. The van der Waals surface area contributed by atoms with Gasteiger partial charge in [0.1, 0.15) is 23.9 Å². The first-order chi connectivity index (χ1) is 19.4. The Kier molecular flexibility index (Phi) is 7.72. The number of nitrogens with one attached hydrogen (secondary N) is 2.